The fraction of sp³-hybridized carbons (Fsp3) is 0.188. The number of halogens is 1. The highest BCUT2D eigenvalue weighted by molar-refractivity contribution is 7.84. The van der Waals surface area contributed by atoms with E-state index in [4.69, 9.17) is 24.4 Å². The van der Waals surface area contributed by atoms with Crippen LogP contribution in [-0.4, -0.2) is 38.5 Å². The van der Waals surface area contributed by atoms with Crippen molar-refractivity contribution in [1.29, 1.82) is 0 Å². The van der Waals surface area contributed by atoms with Crippen molar-refractivity contribution < 1.29 is 17.0 Å². The van der Waals surface area contributed by atoms with Crippen molar-refractivity contribution >= 4 is 50.7 Å². The highest BCUT2D eigenvalue weighted by atomic mass is 35.5. The van der Waals surface area contributed by atoms with Crippen molar-refractivity contribution in [2.24, 2.45) is 0 Å². The van der Waals surface area contributed by atoms with Crippen LogP contribution < -0.4 is 0 Å². The standard InChI is InChI=1S/C16H13ClN4O2S.O2S/c1-3-9-4-7-13-19-16(17)20-21(13)14(9)15-18-11-8-10(24(2)22)5-6-12(11)23-15;1-3-2/h4-8H,3H2,1-2H3;. The van der Waals surface area contributed by atoms with Crippen LogP contribution in [0.1, 0.15) is 12.5 Å². The monoisotopic (exact) mass is 424 g/mol. The second-order valence-corrected chi connectivity index (χ2v) is 7.24. The molecule has 1 aromatic carbocycles. The number of oxazole rings is 1. The van der Waals surface area contributed by atoms with Crippen molar-refractivity contribution in [3.8, 4) is 11.6 Å². The lowest BCUT2D eigenvalue weighted by atomic mass is 10.1. The van der Waals surface area contributed by atoms with Gasteiger partial charge in [-0.3, -0.25) is 4.21 Å². The fourth-order valence-corrected chi connectivity index (χ4v) is 3.36. The van der Waals surface area contributed by atoms with E-state index in [0.717, 1.165) is 17.7 Å². The van der Waals surface area contributed by atoms with Gasteiger partial charge in [0.15, 0.2) is 11.2 Å². The average molecular weight is 425 g/mol. The second-order valence-electron chi connectivity index (χ2n) is 5.38. The van der Waals surface area contributed by atoms with Crippen molar-refractivity contribution in [3.63, 3.8) is 0 Å². The zero-order chi connectivity index (χ0) is 19.6. The quantitative estimate of drug-likeness (QED) is 0.497. The van der Waals surface area contributed by atoms with E-state index < -0.39 is 22.4 Å². The fourth-order valence-electron chi connectivity index (χ4n) is 2.66. The molecule has 4 aromatic rings. The summed E-state index contributed by atoms with van der Waals surface area (Å²) in [7, 11) is -1.07. The molecule has 27 heavy (non-hydrogen) atoms. The number of aryl methyl sites for hydroxylation is 1. The van der Waals surface area contributed by atoms with Gasteiger partial charge >= 0.3 is 11.6 Å². The molecule has 0 amide bonds. The van der Waals surface area contributed by atoms with Gasteiger partial charge in [0.05, 0.1) is 0 Å². The van der Waals surface area contributed by atoms with Gasteiger partial charge in [0, 0.05) is 22.0 Å². The number of pyridine rings is 1. The largest absolute Gasteiger partial charge is 0.435 e. The first-order chi connectivity index (χ1) is 13.0. The Bertz CT molecular complexity index is 1200. The Hall–Kier alpha value is -2.43. The summed E-state index contributed by atoms with van der Waals surface area (Å²) >= 11 is 5.19. The summed E-state index contributed by atoms with van der Waals surface area (Å²) in [5, 5.41) is 4.41. The summed E-state index contributed by atoms with van der Waals surface area (Å²) in [6.07, 6.45) is 2.42. The number of fused-ring (bicyclic) bond motifs is 2. The molecule has 140 valence electrons. The molecule has 0 fully saturated rings. The van der Waals surface area contributed by atoms with E-state index in [1.165, 1.54) is 0 Å². The van der Waals surface area contributed by atoms with Crippen molar-refractivity contribution in [2.45, 2.75) is 18.2 Å². The first kappa shape index (κ1) is 19.3. The van der Waals surface area contributed by atoms with Gasteiger partial charge in [0.1, 0.15) is 11.2 Å². The average Bonchev–Trinajstić information content (AvgIpc) is 3.22. The number of hydrogen-bond acceptors (Lipinski definition) is 7. The first-order valence-corrected chi connectivity index (χ1v) is 10.3. The molecule has 0 spiro atoms. The van der Waals surface area contributed by atoms with E-state index in [1.807, 2.05) is 19.1 Å². The number of rotatable bonds is 3. The van der Waals surface area contributed by atoms with Crippen LogP contribution in [0.2, 0.25) is 5.28 Å². The van der Waals surface area contributed by atoms with Gasteiger partial charge in [-0.1, -0.05) is 13.0 Å². The molecule has 1 atom stereocenters. The Morgan fingerprint density at radius 3 is 2.63 bits per heavy atom. The summed E-state index contributed by atoms with van der Waals surface area (Å²) in [4.78, 5) is 9.44. The second kappa shape index (κ2) is 8.07. The lowest BCUT2D eigenvalue weighted by molar-refractivity contribution is 0.611. The minimum atomic E-state index is -1.07. The Balaban J connectivity index is 0.000000659. The maximum atomic E-state index is 11.7. The van der Waals surface area contributed by atoms with Gasteiger partial charge < -0.3 is 4.42 Å². The maximum absolute atomic E-state index is 11.7. The summed E-state index contributed by atoms with van der Waals surface area (Å²) in [5.74, 6) is 0.438. The number of aromatic nitrogens is 4. The molecule has 4 rings (SSSR count). The molecule has 0 saturated heterocycles. The molecule has 0 aliphatic rings. The van der Waals surface area contributed by atoms with Crippen LogP contribution in [0.5, 0.6) is 0 Å². The molecule has 3 aromatic heterocycles. The molecule has 0 bridgehead atoms. The van der Waals surface area contributed by atoms with E-state index in [0.29, 0.717) is 27.5 Å². The molecule has 0 radical (unpaired) electrons. The van der Waals surface area contributed by atoms with E-state index in [1.54, 1.807) is 29.0 Å². The van der Waals surface area contributed by atoms with E-state index in [-0.39, 0.29) is 5.28 Å². The smallest absolute Gasteiger partial charge is 0.335 e. The van der Waals surface area contributed by atoms with E-state index in [2.05, 4.69) is 15.1 Å². The lowest BCUT2D eigenvalue weighted by Crippen LogP contribution is -1.99. The Kier molecular flexibility index (Phi) is 5.78. The highest BCUT2D eigenvalue weighted by Gasteiger charge is 2.18. The Morgan fingerprint density at radius 2 is 1.96 bits per heavy atom. The van der Waals surface area contributed by atoms with Crippen LogP contribution in [0.25, 0.3) is 28.3 Å². The summed E-state index contributed by atoms with van der Waals surface area (Å²) in [5.41, 5.74) is 3.66. The maximum Gasteiger partial charge on any atom is 0.335 e. The molecule has 8 nitrogen and oxygen atoms in total. The van der Waals surface area contributed by atoms with Crippen molar-refractivity contribution in [3.05, 3.63) is 41.2 Å². The molecule has 11 heteroatoms. The van der Waals surface area contributed by atoms with Crippen LogP contribution in [0.3, 0.4) is 0 Å². The van der Waals surface area contributed by atoms with Gasteiger partial charge in [-0.05, 0) is 47.9 Å². The van der Waals surface area contributed by atoms with E-state index in [9.17, 15) is 4.21 Å². The Labute approximate surface area is 164 Å². The summed E-state index contributed by atoms with van der Waals surface area (Å²) in [6.45, 7) is 2.05. The number of hydrogen-bond donors (Lipinski definition) is 0. The third-order valence-electron chi connectivity index (χ3n) is 3.83. The topological polar surface area (TPSA) is 107 Å². The first-order valence-electron chi connectivity index (χ1n) is 7.68. The van der Waals surface area contributed by atoms with Gasteiger partial charge in [-0.15, -0.1) is 5.10 Å². The lowest BCUT2D eigenvalue weighted by Gasteiger charge is -2.05. The molecular weight excluding hydrogens is 412 g/mol. The summed E-state index contributed by atoms with van der Waals surface area (Å²) < 4.78 is 35.8. The van der Waals surface area contributed by atoms with Crippen molar-refractivity contribution in [1.82, 2.24) is 19.6 Å². The predicted molar refractivity (Wildman–Crippen MR) is 102 cm³/mol. The minimum Gasteiger partial charge on any atom is -0.435 e. The molecule has 3 heterocycles. The highest BCUT2D eigenvalue weighted by Crippen LogP contribution is 2.29. The minimum absolute atomic E-state index is 0.171. The van der Waals surface area contributed by atoms with Gasteiger partial charge in [-0.2, -0.15) is 13.4 Å². The zero-order valence-corrected chi connectivity index (χ0v) is 16.6. The van der Waals surface area contributed by atoms with Crippen LogP contribution in [0, 0.1) is 0 Å². The van der Waals surface area contributed by atoms with Crippen molar-refractivity contribution in [2.75, 3.05) is 6.26 Å². The third kappa shape index (κ3) is 3.82. The van der Waals surface area contributed by atoms with Gasteiger partial charge in [0.2, 0.25) is 11.2 Å². The molecule has 0 saturated carbocycles. The molecule has 0 aliphatic heterocycles. The van der Waals surface area contributed by atoms with Crippen LogP contribution in [0.15, 0.2) is 39.6 Å². The van der Waals surface area contributed by atoms with E-state index >= 15 is 0 Å². The SMILES string of the molecule is CCc1ccc2nc(Cl)nn2c1-c1nc2cc(S(C)=O)ccc2o1.O=S=O. The number of benzene rings is 1. The molecule has 0 N–H and O–H groups in total. The van der Waals surface area contributed by atoms with Gasteiger partial charge in [-0.25, -0.2) is 9.50 Å². The normalized spacial score (nSPS) is 12.0. The van der Waals surface area contributed by atoms with Crippen LogP contribution in [-0.2, 0) is 28.8 Å². The molecule has 0 aliphatic carbocycles. The zero-order valence-electron chi connectivity index (χ0n) is 14.2. The predicted octanol–water partition coefficient (Wildman–Crippen LogP) is 2.82. The Morgan fingerprint density at radius 1 is 1.22 bits per heavy atom. The van der Waals surface area contributed by atoms with Crippen LogP contribution in [0.4, 0.5) is 0 Å². The number of nitrogens with zero attached hydrogens (tertiary/aromatic N) is 4. The third-order valence-corrected chi connectivity index (χ3v) is 4.91. The van der Waals surface area contributed by atoms with Crippen LogP contribution >= 0.6 is 11.6 Å². The van der Waals surface area contributed by atoms with Gasteiger partial charge in [0.25, 0.3) is 0 Å². The summed E-state index contributed by atoms with van der Waals surface area (Å²) in [6, 6.07) is 9.17. The molecule has 1 unspecified atom stereocenters. The molecular formula is C16H13ClN4O4S2.